The number of ether oxygens (including phenoxy) is 1. The Balaban J connectivity index is 1.84. The Bertz CT molecular complexity index is 838. The molecule has 0 fully saturated rings. The summed E-state index contributed by atoms with van der Waals surface area (Å²) in [6, 6.07) is 9.83. The fourth-order valence-electron chi connectivity index (χ4n) is 2.64. The summed E-state index contributed by atoms with van der Waals surface area (Å²) in [5.41, 5.74) is 1.91. The molecule has 0 spiro atoms. The summed E-state index contributed by atoms with van der Waals surface area (Å²) in [6.45, 7) is 0.126. The van der Waals surface area contributed by atoms with Crippen molar-refractivity contribution in [2.45, 2.75) is 25.0 Å². The van der Waals surface area contributed by atoms with Gasteiger partial charge >= 0.3 is 0 Å². The second kappa shape index (κ2) is 8.19. The largest absolute Gasteiger partial charge is 0.394 e. The molecule has 2 aromatic heterocycles. The Kier molecular flexibility index (Phi) is 5.74. The van der Waals surface area contributed by atoms with E-state index >= 15 is 0 Å². The maximum atomic E-state index is 10.4. The van der Waals surface area contributed by atoms with E-state index in [4.69, 9.17) is 4.74 Å². The molecule has 0 bridgehead atoms. The van der Waals surface area contributed by atoms with Crippen LogP contribution in [0, 0.1) is 0 Å². The number of benzene rings is 1. The average Bonchev–Trinajstić information content (AvgIpc) is 3.12. The first-order valence-corrected chi connectivity index (χ1v) is 8.10. The third-order valence-corrected chi connectivity index (χ3v) is 4.12. The fourth-order valence-corrected chi connectivity index (χ4v) is 2.64. The maximum absolute atomic E-state index is 10.4. The average molecular weight is 359 g/mol. The van der Waals surface area contributed by atoms with Crippen molar-refractivity contribution in [3.63, 3.8) is 0 Å². The van der Waals surface area contributed by atoms with Crippen molar-refractivity contribution in [3.8, 4) is 0 Å². The molecule has 0 aliphatic carbocycles. The SMILES string of the molecule is COC(CO)C(O)C(O)n1cnc2c(NCc3ccccc3)ncnc21. The van der Waals surface area contributed by atoms with E-state index in [9.17, 15) is 15.3 Å². The lowest BCUT2D eigenvalue weighted by atomic mass is 10.2. The highest BCUT2D eigenvalue weighted by Gasteiger charge is 2.28. The first-order valence-electron chi connectivity index (χ1n) is 8.10. The highest BCUT2D eigenvalue weighted by molar-refractivity contribution is 5.82. The first kappa shape index (κ1) is 18.2. The zero-order valence-electron chi connectivity index (χ0n) is 14.2. The van der Waals surface area contributed by atoms with E-state index in [1.54, 1.807) is 0 Å². The Hall–Kier alpha value is -2.59. The van der Waals surface area contributed by atoms with Crippen molar-refractivity contribution in [3.05, 3.63) is 48.5 Å². The molecular formula is C17H21N5O4. The van der Waals surface area contributed by atoms with Gasteiger partial charge in [-0.05, 0) is 5.56 Å². The highest BCUT2D eigenvalue weighted by atomic mass is 16.5. The Morgan fingerprint density at radius 3 is 2.62 bits per heavy atom. The number of fused-ring (bicyclic) bond motifs is 1. The van der Waals surface area contributed by atoms with E-state index in [1.807, 2.05) is 30.3 Å². The quantitative estimate of drug-likeness (QED) is 0.452. The topological polar surface area (TPSA) is 126 Å². The third kappa shape index (κ3) is 3.65. The summed E-state index contributed by atoms with van der Waals surface area (Å²) in [7, 11) is 1.34. The molecule has 9 nitrogen and oxygen atoms in total. The minimum Gasteiger partial charge on any atom is -0.394 e. The van der Waals surface area contributed by atoms with Gasteiger partial charge in [-0.1, -0.05) is 30.3 Å². The van der Waals surface area contributed by atoms with Crippen molar-refractivity contribution < 1.29 is 20.1 Å². The van der Waals surface area contributed by atoms with Crippen LogP contribution in [0.1, 0.15) is 11.8 Å². The van der Waals surface area contributed by atoms with Gasteiger partial charge < -0.3 is 25.4 Å². The smallest absolute Gasteiger partial charge is 0.167 e. The van der Waals surface area contributed by atoms with Crippen LogP contribution in [0.15, 0.2) is 43.0 Å². The van der Waals surface area contributed by atoms with Crippen LogP contribution in [0.2, 0.25) is 0 Å². The van der Waals surface area contributed by atoms with Crippen LogP contribution >= 0.6 is 0 Å². The third-order valence-electron chi connectivity index (χ3n) is 4.12. The molecule has 9 heteroatoms. The molecule has 3 unspecified atom stereocenters. The lowest BCUT2D eigenvalue weighted by molar-refractivity contribution is -0.116. The highest BCUT2D eigenvalue weighted by Crippen LogP contribution is 2.23. The Labute approximate surface area is 149 Å². The van der Waals surface area contributed by atoms with Crippen LogP contribution in [0.3, 0.4) is 0 Å². The van der Waals surface area contributed by atoms with Crippen molar-refractivity contribution in [1.29, 1.82) is 0 Å². The molecule has 4 N–H and O–H groups in total. The van der Waals surface area contributed by atoms with Gasteiger partial charge in [-0.25, -0.2) is 15.0 Å². The molecule has 0 aliphatic rings. The lowest BCUT2D eigenvalue weighted by Crippen LogP contribution is -2.38. The fraction of sp³-hybridized carbons (Fsp3) is 0.353. The molecule has 0 radical (unpaired) electrons. The predicted octanol–water partition coefficient (Wildman–Crippen LogP) is 0.297. The van der Waals surface area contributed by atoms with E-state index < -0.39 is 25.0 Å². The number of rotatable bonds is 8. The Morgan fingerprint density at radius 1 is 1.15 bits per heavy atom. The van der Waals surface area contributed by atoms with Gasteiger partial charge in [-0.2, -0.15) is 0 Å². The number of hydrogen-bond donors (Lipinski definition) is 4. The summed E-state index contributed by atoms with van der Waals surface area (Å²) in [4.78, 5) is 12.6. The van der Waals surface area contributed by atoms with Gasteiger partial charge in [0.05, 0.1) is 12.9 Å². The summed E-state index contributed by atoms with van der Waals surface area (Å²) in [5.74, 6) is 0.518. The lowest BCUT2D eigenvalue weighted by Gasteiger charge is -2.25. The van der Waals surface area contributed by atoms with Crippen LogP contribution in [0.25, 0.3) is 11.2 Å². The van der Waals surface area contributed by atoms with Gasteiger partial charge in [0, 0.05) is 13.7 Å². The van der Waals surface area contributed by atoms with E-state index in [2.05, 4.69) is 20.3 Å². The molecule has 138 valence electrons. The van der Waals surface area contributed by atoms with Gasteiger partial charge in [0.15, 0.2) is 23.2 Å². The molecular weight excluding hydrogens is 338 g/mol. The molecule has 0 amide bonds. The summed E-state index contributed by atoms with van der Waals surface area (Å²) in [6.07, 6.45) is -0.940. The van der Waals surface area contributed by atoms with Crippen LogP contribution < -0.4 is 5.32 Å². The number of aromatic nitrogens is 4. The molecule has 0 aliphatic heterocycles. The number of anilines is 1. The molecule has 3 aromatic rings. The summed E-state index contributed by atoms with van der Waals surface area (Å²) >= 11 is 0. The maximum Gasteiger partial charge on any atom is 0.167 e. The standard InChI is InChI=1S/C17H21N5O4/c1-26-12(8-23)14(24)17(25)22-10-21-13-15(19-9-20-16(13)22)18-7-11-5-3-2-4-6-11/h2-6,9-10,12,14,17,23-25H,7-8H2,1H3,(H,18,19,20). The molecule has 3 atom stereocenters. The predicted molar refractivity (Wildman–Crippen MR) is 94.2 cm³/mol. The van der Waals surface area contributed by atoms with Crippen molar-refractivity contribution in [2.75, 3.05) is 19.0 Å². The molecule has 26 heavy (non-hydrogen) atoms. The molecule has 2 heterocycles. The van der Waals surface area contributed by atoms with Crippen LogP contribution in [-0.2, 0) is 11.3 Å². The van der Waals surface area contributed by atoms with Crippen LogP contribution in [0.4, 0.5) is 5.82 Å². The molecule has 1 aromatic carbocycles. The van der Waals surface area contributed by atoms with Crippen LogP contribution in [0.5, 0.6) is 0 Å². The molecule has 0 saturated heterocycles. The van der Waals surface area contributed by atoms with Gasteiger partial charge in [-0.3, -0.25) is 4.57 Å². The molecule has 0 saturated carbocycles. The van der Waals surface area contributed by atoms with Gasteiger partial charge in [0.25, 0.3) is 0 Å². The van der Waals surface area contributed by atoms with E-state index in [0.29, 0.717) is 23.5 Å². The number of methoxy groups -OCH3 is 1. The van der Waals surface area contributed by atoms with Crippen molar-refractivity contribution in [1.82, 2.24) is 19.5 Å². The minimum atomic E-state index is -1.38. The van der Waals surface area contributed by atoms with Crippen LogP contribution in [-0.4, -0.2) is 60.8 Å². The zero-order chi connectivity index (χ0) is 18.5. The zero-order valence-corrected chi connectivity index (χ0v) is 14.2. The summed E-state index contributed by atoms with van der Waals surface area (Å²) in [5, 5.41) is 33.0. The number of hydrogen-bond acceptors (Lipinski definition) is 8. The summed E-state index contributed by atoms with van der Waals surface area (Å²) < 4.78 is 6.28. The second-order valence-corrected chi connectivity index (χ2v) is 5.75. The van der Waals surface area contributed by atoms with Gasteiger partial charge in [0.2, 0.25) is 0 Å². The Morgan fingerprint density at radius 2 is 1.92 bits per heavy atom. The number of nitrogens with one attached hydrogen (secondary N) is 1. The normalized spacial score (nSPS) is 14.9. The van der Waals surface area contributed by atoms with Crippen molar-refractivity contribution >= 4 is 17.0 Å². The van der Waals surface area contributed by atoms with E-state index in [1.165, 1.54) is 24.3 Å². The van der Waals surface area contributed by atoms with Crippen molar-refractivity contribution in [2.24, 2.45) is 0 Å². The number of imidazole rings is 1. The minimum absolute atomic E-state index is 0.356. The second-order valence-electron chi connectivity index (χ2n) is 5.75. The van der Waals surface area contributed by atoms with Gasteiger partial charge in [0.1, 0.15) is 18.5 Å². The van der Waals surface area contributed by atoms with Gasteiger partial charge in [-0.15, -0.1) is 0 Å². The molecule has 3 rings (SSSR count). The number of nitrogens with zero attached hydrogens (tertiary/aromatic N) is 4. The number of aliphatic hydroxyl groups excluding tert-OH is 3. The monoisotopic (exact) mass is 359 g/mol. The van der Waals surface area contributed by atoms with E-state index in [-0.39, 0.29) is 0 Å². The first-order chi connectivity index (χ1) is 12.7. The van der Waals surface area contributed by atoms with E-state index in [0.717, 1.165) is 5.56 Å². The number of aliphatic hydroxyl groups is 3.